The van der Waals surface area contributed by atoms with E-state index in [0.717, 1.165) is 0 Å². The van der Waals surface area contributed by atoms with E-state index in [4.69, 9.17) is 0 Å². The molecule has 0 aromatic carbocycles. The minimum absolute atomic E-state index is 0.0185. The molecule has 0 aromatic heterocycles. The third-order valence-corrected chi connectivity index (χ3v) is 2.15. The Hall–Kier alpha value is -1.05. The fourth-order valence-electron chi connectivity index (χ4n) is 1.42. The third kappa shape index (κ3) is 1.20. The zero-order valence-corrected chi connectivity index (χ0v) is 6.62. The summed E-state index contributed by atoms with van der Waals surface area (Å²) in [6, 6.07) is 0. The average molecular weight is 152 g/mol. The zero-order valence-electron chi connectivity index (χ0n) is 6.62. The van der Waals surface area contributed by atoms with Crippen molar-refractivity contribution in [3.8, 4) is 0 Å². The van der Waals surface area contributed by atoms with Gasteiger partial charge in [0, 0.05) is 0 Å². The maximum atomic E-state index is 11.0. The van der Waals surface area contributed by atoms with Crippen LogP contribution < -0.4 is 0 Å². The Morgan fingerprint density at radius 1 is 1.36 bits per heavy atom. The number of methoxy groups -OCH3 is 1. The number of allylic oxidation sites excluding steroid dienone is 2. The molecule has 2 nitrogen and oxygen atoms in total. The highest BCUT2D eigenvalue weighted by Gasteiger charge is 2.51. The van der Waals surface area contributed by atoms with E-state index >= 15 is 0 Å². The van der Waals surface area contributed by atoms with E-state index in [9.17, 15) is 4.79 Å². The van der Waals surface area contributed by atoms with E-state index < -0.39 is 0 Å². The van der Waals surface area contributed by atoms with Crippen LogP contribution in [0.25, 0.3) is 0 Å². The lowest BCUT2D eigenvalue weighted by Gasteiger charge is -1.92. The van der Waals surface area contributed by atoms with E-state index in [1.165, 1.54) is 7.11 Å². The molecule has 1 unspecified atom stereocenters. The van der Waals surface area contributed by atoms with E-state index in [2.05, 4.69) is 17.9 Å². The summed E-state index contributed by atoms with van der Waals surface area (Å²) in [6.07, 6.45) is 3.57. The summed E-state index contributed by atoms with van der Waals surface area (Å²) in [7, 11) is 1.40. The van der Waals surface area contributed by atoms with Crippen molar-refractivity contribution >= 4 is 5.97 Å². The first kappa shape index (κ1) is 8.05. The van der Waals surface area contributed by atoms with Crippen LogP contribution in [0.15, 0.2) is 25.3 Å². The SMILES string of the molecule is C=C[C@@H]1C(C(=O)OC)[C@@H]1C=C. The number of hydrogen-bond donors (Lipinski definition) is 0. The smallest absolute Gasteiger partial charge is 0.309 e. The van der Waals surface area contributed by atoms with Gasteiger partial charge in [-0.15, -0.1) is 13.2 Å². The minimum atomic E-state index is -0.153. The molecule has 1 saturated carbocycles. The molecule has 1 rings (SSSR count). The van der Waals surface area contributed by atoms with Crippen LogP contribution in [0.4, 0.5) is 0 Å². The van der Waals surface area contributed by atoms with Gasteiger partial charge >= 0.3 is 5.97 Å². The fourth-order valence-corrected chi connectivity index (χ4v) is 1.42. The monoisotopic (exact) mass is 152 g/mol. The van der Waals surface area contributed by atoms with Gasteiger partial charge in [-0.1, -0.05) is 12.2 Å². The van der Waals surface area contributed by atoms with Gasteiger partial charge in [0.05, 0.1) is 13.0 Å². The largest absolute Gasteiger partial charge is 0.469 e. The normalized spacial score (nSPS) is 34.1. The highest BCUT2D eigenvalue weighted by molar-refractivity contribution is 5.77. The molecule has 0 radical (unpaired) electrons. The highest BCUT2D eigenvalue weighted by atomic mass is 16.5. The first-order chi connectivity index (χ1) is 5.26. The minimum Gasteiger partial charge on any atom is -0.469 e. The molecule has 0 bridgehead atoms. The molecule has 11 heavy (non-hydrogen) atoms. The summed E-state index contributed by atoms with van der Waals surface area (Å²) in [4.78, 5) is 11.0. The van der Waals surface area contributed by atoms with Gasteiger partial charge in [0.15, 0.2) is 0 Å². The summed E-state index contributed by atoms with van der Waals surface area (Å²) in [6.45, 7) is 7.26. The molecule has 0 aromatic rings. The van der Waals surface area contributed by atoms with Crippen LogP contribution in [-0.4, -0.2) is 13.1 Å². The number of rotatable bonds is 3. The Labute approximate surface area is 66.5 Å². The van der Waals surface area contributed by atoms with Gasteiger partial charge in [-0.2, -0.15) is 0 Å². The molecule has 0 saturated heterocycles. The topological polar surface area (TPSA) is 26.3 Å². The molecule has 3 atom stereocenters. The van der Waals surface area contributed by atoms with Crippen LogP contribution in [0, 0.1) is 17.8 Å². The Morgan fingerprint density at radius 2 is 1.82 bits per heavy atom. The maximum absolute atomic E-state index is 11.0. The van der Waals surface area contributed by atoms with Gasteiger partial charge in [-0.05, 0) is 11.8 Å². The van der Waals surface area contributed by atoms with Crippen molar-refractivity contribution < 1.29 is 9.53 Å². The third-order valence-electron chi connectivity index (χ3n) is 2.15. The van der Waals surface area contributed by atoms with Crippen molar-refractivity contribution in [1.29, 1.82) is 0 Å². The van der Waals surface area contributed by atoms with Crippen molar-refractivity contribution in [2.24, 2.45) is 17.8 Å². The van der Waals surface area contributed by atoms with Crippen molar-refractivity contribution in [3.05, 3.63) is 25.3 Å². The van der Waals surface area contributed by atoms with Crippen LogP contribution in [0.2, 0.25) is 0 Å². The maximum Gasteiger partial charge on any atom is 0.309 e. The lowest BCUT2D eigenvalue weighted by atomic mass is 10.3. The summed E-state index contributed by atoms with van der Waals surface area (Å²) in [5.41, 5.74) is 0. The predicted octanol–water partition coefficient (Wildman–Crippen LogP) is 1.39. The van der Waals surface area contributed by atoms with Crippen LogP contribution in [-0.2, 0) is 9.53 Å². The average Bonchev–Trinajstić information content (AvgIpc) is 2.76. The lowest BCUT2D eigenvalue weighted by Crippen LogP contribution is -2.04. The second kappa shape index (κ2) is 2.91. The second-order valence-electron chi connectivity index (χ2n) is 2.68. The van der Waals surface area contributed by atoms with Gasteiger partial charge in [-0.25, -0.2) is 0 Å². The summed E-state index contributed by atoms with van der Waals surface area (Å²) < 4.78 is 4.60. The number of hydrogen-bond acceptors (Lipinski definition) is 2. The number of ether oxygens (including phenoxy) is 1. The second-order valence-corrected chi connectivity index (χ2v) is 2.68. The number of carbonyl (C=O) groups is 1. The molecule has 0 spiro atoms. The van der Waals surface area contributed by atoms with Gasteiger partial charge in [0.25, 0.3) is 0 Å². The van der Waals surface area contributed by atoms with Crippen molar-refractivity contribution in [2.75, 3.05) is 7.11 Å². The van der Waals surface area contributed by atoms with E-state index in [1.54, 1.807) is 12.2 Å². The fraction of sp³-hybridized carbons (Fsp3) is 0.444. The predicted molar refractivity (Wildman–Crippen MR) is 42.9 cm³/mol. The lowest BCUT2D eigenvalue weighted by molar-refractivity contribution is -0.142. The van der Waals surface area contributed by atoms with Gasteiger partial charge < -0.3 is 4.74 Å². The van der Waals surface area contributed by atoms with Gasteiger partial charge in [0.2, 0.25) is 0 Å². The van der Waals surface area contributed by atoms with Crippen molar-refractivity contribution in [1.82, 2.24) is 0 Å². The zero-order chi connectivity index (χ0) is 8.43. The first-order valence-corrected chi connectivity index (χ1v) is 3.59. The molecule has 60 valence electrons. The van der Waals surface area contributed by atoms with E-state index in [0.29, 0.717) is 0 Å². The highest BCUT2D eigenvalue weighted by Crippen LogP contribution is 2.48. The quantitative estimate of drug-likeness (QED) is 0.451. The molecule has 0 amide bonds. The molecule has 1 fully saturated rings. The first-order valence-electron chi connectivity index (χ1n) is 3.59. The molecule has 1 aliphatic carbocycles. The van der Waals surface area contributed by atoms with Gasteiger partial charge in [-0.3, -0.25) is 4.79 Å². The van der Waals surface area contributed by atoms with Crippen LogP contribution >= 0.6 is 0 Å². The number of esters is 1. The molecule has 2 heteroatoms. The molecule has 0 heterocycles. The van der Waals surface area contributed by atoms with Crippen LogP contribution in [0.1, 0.15) is 0 Å². The van der Waals surface area contributed by atoms with E-state index in [-0.39, 0.29) is 23.7 Å². The summed E-state index contributed by atoms with van der Waals surface area (Å²) in [5.74, 6) is 0.328. The Bertz CT molecular complexity index is 182. The molecule has 0 N–H and O–H groups in total. The van der Waals surface area contributed by atoms with Gasteiger partial charge in [0.1, 0.15) is 0 Å². The summed E-state index contributed by atoms with van der Waals surface area (Å²) >= 11 is 0. The van der Waals surface area contributed by atoms with Crippen LogP contribution in [0.5, 0.6) is 0 Å². The molecule has 1 aliphatic rings. The standard InChI is InChI=1S/C9H12O2/c1-4-6-7(5-2)8(6)9(10)11-3/h4-8H,1-2H2,3H3/t6-,7+,8?. The Morgan fingerprint density at radius 3 is 2.09 bits per heavy atom. The Kier molecular flexibility index (Phi) is 2.13. The van der Waals surface area contributed by atoms with E-state index in [1.807, 2.05) is 0 Å². The molecular formula is C9H12O2. The Balaban J connectivity index is 2.57. The van der Waals surface area contributed by atoms with Crippen molar-refractivity contribution in [3.63, 3.8) is 0 Å². The van der Waals surface area contributed by atoms with Crippen molar-refractivity contribution in [2.45, 2.75) is 0 Å². The molecular weight excluding hydrogens is 140 g/mol. The summed E-state index contributed by atoms with van der Waals surface area (Å²) in [5, 5.41) is 0. The number of carbonyl (C=O) groups excluding carboxylic acids is 1. The molecule has 0 aliphatic heterocycles. The van der Waals surface area contributed by atoms with Crippen LogP contribution in [0.3, 0.4) is 0 Å².